The Balaban J connectivity index is 2.17. The maximum absolute atomic E-state index is 5.27. The van der Waals surface area contributed by atoms with E-state index in [9.17, 15) is 0 Å². The molecule has 96 valence electrons. The van der Waals surface area contributed by atoms with Gasteiger partial charge in [0.25, 0.3) is 0 Å². The van der Waals surface area contributed by atoms with Crippen molar-refractivity contribution in [3.05, 3.63) is 16.6 Å². The molecule has 0 amide bonds. The first-order valence-corrected chi connectivity index (χ1v) is 6.03. The highest BCUT2D eigenvalue weighted by molar-refractivity contribution is 7.09. The van der Waals surface area contributed by atoms with E-state index >= 15 is 0 Å². The Labute approximate surface area is 108 Å². The maximum Gasteiger partial charge on any atom is 0.322 e. The van der Waals surface area contributed by atoms with Gasteiger partial charge in [0.05, 0.1) is 13.2 Å². The molecule has 0 aromatic carbocycles. The van der Waals surface area contributed by atoms with Gasteiger partial charge in [0.2, 0.25) is 11.9 Å². The molecule has 2 heterocycles. The zero-order valence-corrected chi connectivity index (χ0v) is 10.7. The van der Waals surface area contributed by atoms with Gasteiger partial charge in [0.1, 0.15) is 5.01 Å². The number of rotatable bonds is 5. The summed E-state index contributed by atoms with van der Waals surface area (Å²) in [5.41, 5.74) is 2.35. The number of hydrazine groups is 1. The third-order valence-corrected chi connectivity index (χ3v) is 3.05. The zero-order chi connectivity index (χ0) is 13.0. The van der Waals surface area contributed by atoms with Crippen LogP contribution in [0.1, 0.15) is 18.0 Å². The number of nitrogens with two attached hydrogens (primary N) is 1. The van der Waals surface area contributed by atoms with Gasteiger partial charge in [-0.1, -0.05) is 0 Å². The molecular formula is C9H13N7OS. The van der Waals surface area contributed by atoms with Gasteiger partial charge < -0.3 is 10.1 Å². The summed E-state index contributed by atoms with van der Waals surface area (Å²) in [5, 5.41) is 5.96. The van der Waals surface area contributed by atoms with Crippen LogP contribution < -0.4 is 21.3 Å². The van der Waals surface area contributed by atoms with Crippen molar-refractivity contribution in [2.75, 3.05) is 17.9 Å². The number of thiazole rings is 1. The Morgan fingerprint density at radius 3 is 2.72 bits per heavy atom. The fourth-order valence-corrected chi connectivity index (χ4v) is 1.93. The van der Waals surface area contributed by atoms with E-state index in [4.69, 9.17) is 10.6 Å². The first-order chi connectivity index (χ1) is 8.72. The fourth-order valence-electron chi connectivity index (χ4n) is 1.28. The van der Waals surface area contributed by atoms with Crippen LogP contribution in [-0.4, -0.2) is 27.0 Å². The van der Waals surface area contributed by atoms with Crippen LogP contribution >= 0.6 is 11.3 Å². The Kier molecular flexibility index (Phi) is 3.85. The van der Waals surface area contributed by atoms with Gasteiger partial charge in [-0.25, -0.2) is 10.8 Å². The lowest BCUT2D eigenvalue weighted by Gasteiger charge is -2.12. The van der Waals surface area contributed by atoms with Crippen LogP contribution in [0, 0.1) is 0 Å². The number of hydrogen-bond donors (Lipinski definition) is 3. The summed E-state index contributed by atoms with van der Waals surface area (Å²) >= 11 is 1.55. The number of nitrogen functional groups attached to an aromatic ring is 1. The molecule has 1 atom stereocenters. The van der Waals surface area contributed by atoms with Crippen LogP contribution in [0.25, 0.3) is 0 Å². The predicted molar refractivity (Wildman–Crippen MR) is 68.3 cm³/mol. The quantitative estimate of drug-likeness (QED) is 0.538. The van der Waals surface area contributed by atoms with E-state index in [1.807, 2.05) is 12.3 Å². The summed E-state index contributed by atoms with van der Waals surface area (Å²) in [6, 6.07) is 0.175. The molecule has 0 spiro atoms. The molecule has 9 heteroatoms. The highest BCUT2D eigenvalue weighted by Gasteiger charge is 2.12. The summed E-state index contributed by atoms with van der Waals surface area (Å²) in [7, 11) is 1.48. The van der Waals surface area contributed by atoms with E-state index in [0.29, 0.717) is 5.95 Å². The standard InChI is InChI=1S/C9H13N7OS/c1-5(6-11-3-4-18-6)12-7-13-8(16-10)15-9(14-7)17-2/h3-5H,10H2,1-2H3,(H2,12,13,14,15,16). The Morgan fingerprint density at radius 2 is 2.11 bits per heavy atom. The van der Waals surface area contributed by atoms with E-state index in [-0.39, 0.29) is 18.0 Å². The Hall–Kier alpha value is -2.00. The molecule has 0 saturated heterocycles. The molecule has 0 saturated carbocycles. The van der Waals surface area contributed by atoms with E-state index < -0.39 is 0 Å². The Morgan fingerprint density at radius 1 is 1.33 bits per heavy atom. The number of methoxy groups -OCH3 is 1. The molecule has 4 N–H and O–H groups in total. The molecule has 1 unspecified atom stereocenters. The molecular weight excluding hydrogens is 254 g/mol. The van der Waals surface area contributed by atoms with Crippen molar-refractivity contribution in [3.63, 3.8) is 0 Å². The second-order valence-corrected chi connectivity index (χ2v) is 4.28. The normalized spacial score (nSPS) is 11.9. The van der Waals surface area contributed by atoms with E-state index in [1.165, 1.54) is 7.11 Å². The molecule has 0 aliphatic carbocycles. The molecule has 18 heavy (non-hydrogen) atoms. The van der Waals surface area contributed by atoms with Gasteiger partial charge in [-0.05, 0) is 6.92 Å². The van der Waals surface area contributed by atoms with E-state index in [2.05, 4.69) is 30.7 Å². The maximum atomic E-state index is 5.27. The van der Waals surface area contributed by atoms with Crippen molar-refractivity contribution in [1.82, 2.24) is 19.9 Å². The average molecular weight is 267 g/mol. The third kappa shape index (κ3) is 2.81. The second kappa shape index (κ2) is 5.56. The molecule has 0 radical (unpaired) electrons. The van der Waals surface area contributed by atoms with Crippen LogP contribution in [0.4, 0.5) is 11.9 Å². The van der Waals surface area contributed by atoms with Crippen LogP contribution in [0.2, 0.25) is 0 Å². The number of hydrogen-bond acceptors (Lipinski definition) is 9. The first kappa shape index (κ1) is 12.5. The summed E-state index contributed by atoms with van der Waals surface area (Å²) < 4.78 is 4.96. The van der Waals surface area contributed by atoms with Gasteiger partial charge in [-0.15, -0.1) is 11.3 Å². The third-order valence-electron chi connectivity index (χ3n) is 2.09. The number of aromatic nitrogens is 4. The number of nitrogens with one attached hydrogen (secondary N) is 2. The first-order valence-electron chi connectivity index (χ1n) is 5.15. The molecule has 2 aromatic rings. The lowest BCUT2D eigenvalue weighted by atomic mass is 10.4. The second-order valence-electron chi connectivity index (χ2n) is 3.35. The predicted octanol–water partition coefficient (Wildman–Crippen LogP) is 0.795. The summed E-state index contributed by atoms with van der Waals surface area (Å²) in [4.78, 5) is 16.3. The molecule has 0 bridgehead atoms. The summed E-state index contributed by atoms with van der Waals surface area (Å²) in [6.45, 7) is 1.96. The minimum Gasteiger partial charge on any atom is -0.467 e. The van der Waals surface area contributed by atoms with Crippen LogP contribution in [0.3, 0.4) is 0 Å². The van der Waals surface area contributed by atoms with E-state index in [0.717, 1.165) is 5.01 Å². The largest absolute Gasteiger partial charge is 0.467 e. The molecule has 2 rings (SSSR count). The minimum atomic E-state index is -0.0114. The average Bonchev–Trinajstić information content (AvgIpc) is 2.92. The van der Waals surface area contributed by atoms with Gasteiger partial charge >= 0.3 is 6.01 Å². The number of nitrogens with zero attached hydrogens (tertiary/aromatic N) is 4. The Bertz CT molecular complexity index is 481. The van der Waals surface area contributed by atoms with Crippen molar-refractivity contribution in [3.8, 4) is 6.01 Å². The van der Waals surface area contributed by atoms with Crippen LogP contribution in [-0.2, 0) is 0 Å². The van der Waals surface area contributed by atoms with E-state index in [1.54, 1.807) is 17.5 Å². The van der Waals surface area contributed by atoms with Crippen molar-refractivity contribution < 1.29 is 4.74 Å². The molecule has 0 aliphatic rings. The van der Waals surface area contributed by atoms with Gasteiger partial charge in [-0.3, -0.25) is 5.43 Å². The van der Waals surface area contributed by atoms with Crippen molar-refractivity contribution in [1.29, 1.82) is 0 Å². The van der Waals surface area contributed by atoms with Gasteiger partial charge in [-0.2, -0.15) is 15.0 Å². The van der Waals surface area contributed by atoms with Gasteiger partial charge in [0.15, 0.2) is 0 Å². The summed E-state index contributed by atoms with van der Waals surface area (Å²) in [6.07, 6.45) is 1.75. The van der Waals surface area contributed by atoms with Crippen molar-refractivity contribution in [2.45, 2.75) is 13.0 Å². The zero-order valence-electron chi connectivity index (χ0n) is 9.91. The lowest BCUT2D eigenvalue weighted by Crippen LogP contribution is -2.15. The minimum absolute atomic E-state index is 0.0114. The molecule has 2 aromatic heterocycles. The number of ether oxygens (including phenoxy) is 1. The topological polar surface area (TPSA) is 111 Å². The number of anilines is 2. The highest BCUT2D eigenvalue weighted by atomic mass is 32.1. The SMILES string of the molecule is COc1nc(NN)nc(NC(C)c2nccs2)n1. The van der Waals surface area contributed by atoms with Crippen LogP contribution in [0.15, 0.2) is 11.6 Å². The fraction of sp³-hybridized carbons (Fsp3) is 0.333. The molecule has 0 fully saturated rings. The highest BCUT2D eigenvalue weighted by Crippen LogP contribution is 2.20. The monoisotopic (exact) mass is 267 g/mol. The smallest absolute Gasteiger partial charge is 0.322 e. The van der Waals surface area contributed by atoms with Crippen molar-refractivity contribution in [2.24, 2.45) is 5.84 Å². The van der Waals surface area contributed by atoms with Crippen LogP contribution in [0.5, 0.6) is 6.01 Å². The summed E-state index contributed by atoms with van der Waals surface area (Å²) in [5.74, 6) is 5.88. The molecule has 0 aliphatic heterocycles. The van der Waals surface area contributed by atoms with Crippen molar-refractivity contribution >= 4 is 23.2 Å². The molecule has 8 nitrogen and oxygen atoms in total. The van der Waals surface area contributed by atoms with Gasteiger partial charge in [0, 0.05) is 11.6 Å². The lowest BCUT2D eigenvalue weighted by molar-refractivity contribution is 0.379.